The summed E-state index contributed by atoms with van der Waals surface area (Å²) in [7, 11) is 0. The monoisotopic (exact) mass is 356 g/mol. The van der Waals surface area contributed by atoms with Gasteiger partial charge in [-0.05, 0) is 42.4 Å². The van der Waals surface area contributed by atoms with Gasteiger partial charge in [0, 0.05) is 5.56 Å². The normalized spacial score (nSPS) is 24.1. The molecule has 0 spiro atoms. The molecule has 0 aromatic heterocycles. The van der Waals surface area contributed by atoms with Gasteiger partial charge in [0.25, 0.3) is 0 Å². The minimum absolute atomic E-state index is 0.291. The zero-order valence-corrected chi connectivity index (χ0v) is 15.7. The first kappa shape index (κ1) is 18.9. The Morgan fingerprint density at radius 3 is 2.27 bits per heavy atom. The number of benzene rings is 2. The van der Waals surface area contributed by atoms with Crippen molar-refractivity contribution >= 4 is 0 Å². The van der Waals surface area contributed by atoms with Gasteiger partial charge in [-0.2, -0.15) is 0 Å². The zero-order valence-electron chi connectivity index (χ0n) is 15.7. The lowest BCUT2D eigenvalue weighted by molar-refractivity contribution is -0.138. The Hall–Kier alpha value is -1.88. The fourth-order valence-electron chi connectivity index (χ4n) is 3.21. The topological polar surface area (TPSA) is 47.9 Å². The molecule has 26 heavy (non-hydrogen) atoms. The number of ether oxygens (including phenoxy) is 3. The molecule has 3 rings (SSSR count). The summed E-state index contributed by atoms with van der Waals surface area (Å²) in [6.45, 7) is 7.09. The molecule has 0 saturated heterocycles. The maximum atomic E-state index is 9.93. The molecule has 0 amide bonds. The van der Waals surface area contributed by atoms with Crippen LogP contribution in [-0.2, 0) is 14.9 Å². The molecular formula is C22H28O4. The average Bonchev–Trinajstić information content (AvgIpc) is 3.27. The fraction of sp³-hybridized carbons (Fsp3) is 0.455. The van der Waals surface area contributed by atoms with E-state index in [0.717, 1.165) is 17.2 Å². The van der Waals surface area contributed by atoms with Gasteiger partial charge >= 0.3 is 0 Å². The van der Waals surface area contributed by atoms with Crippen molar-refractivity contribution in [2.24, 2.45) is 5.92 Å². The summed E-state index contributed by atoms with van der Waals surface area (Å²) in [4.78, 5) is 0. The van der Waals surface area contributed by atoms with E-state index in [0.29, 0.717) is 18.6 Å². The first-order valence-electron chi connectivity index (χ1n) is 9.22. The Kier molecular flexibility index (Phi) is 5.97. The Morgan fingerprint density at radius 2 is 1.65 bits per heavy atom. The molecule has 2 aromatic carbocycles. The first-order chi connectivity index (χ1) is 12.5. The highest BCUT2D eigenvalue weighted by molar-refractivity contribution is 5.36. The van der Waals surface area contributed by atoms with E-state index in [4.69, 9.17) is 14.2 Å². The van der Waals surface area contributed by atoms with E-state index in [1.807, 2.05) is 49.4 Å². The standard InChI is InChI=1S/C22H28O4/c1-16-15-22(16,3)19-9-11-20(12-10-19)26-17(2)24-13-14-25-21(23)18-7-5-4-6-8-18/h4-12,16-17,21,23H,13-15H2,1-3H3. The summed E-state index contributed by atoms with van der Waals surface area (Å²) in [5, 5.41) is 9.93. The molecule has 2 aromatic rings. The van der Waals surface area contributed by atoms with Crippen LogP contribution < -0.4 is 4.74 Å². The van der Waals surface area contributed by atoms with Crippen LogP contribution in [0.5, 0.6) is 5.75 Å². The van der Waals surface area contributed by atoms with Gasteiger partial charge in [0.1, 0.15) is 5.75 Å². The van der Waals surface area contributed by atoms with Crippen molar-refractivity contribution in [2.75, 3.05) is 13.2 Å². The van der Waals surface area contributed by atoms with Gasteiger partial charge in [0.15, 0.2) is 12.6 Å². The van der Waals surface area contributed by atoms with Crippen LogP contribution in [0.25, 0.3) is 0 Å². The fourth-order valence-corrected chi connectivity index (χ4v) is 3.21. The first-order valence-corrected chi connectivity index (χ1v) is 9.22. The van der Waals surface area contributed by atoms with Crippen LogP contribution >= 0.6 is 0 Å². The maximum absolute atomic E-state index is 9.93. The number of aliphatic hydroxyl groups is 1. The minimum Gasteiger partial charge on any atom is -0.465 e. The molecule has 0 radical (unpaired) electrons. The molecule has 0 bridgehead atoms. The summed E-state index contributed by atoms with van der Waals surface area (Å²) < 4.78 is 16.8. The van der Waals surface area contributed by atoms with E-state index >= 15 is 0 Å². The Labute approximate surface area is 155 Å². The summed E-state index contributed by atoms with van der Waals surface area (Å²) >= 11 is 0. The van der Waals surface area contributed by atoms with Crippen LogP contribution in [-0.4, -0.2) is 24.6 Å². The summed E-state index contributed by atoms with van der Waals surface area (Å²) in [5.74, 6) is 1.55. The van der Waals surface area contributed by atoms with E-state index in [2.05, 4.69) is 26.0 Å². The molecule has 4 atom stereocenters. The average molecular weight is 356 g/mol. The number of hydrogen-bond donors (Lipinski definition) is 1. The summed E-state index contributed by atoms with van der Waals surface area (Å²) in [5.41, 5.74) is 2.43. The van der Waals surface area contributed by atoms with Crippen molar-refractivity contribution in [3.05, 3.63) is 65.7 Å². The lowest BCUT2D eigenvalue weighted by Gasteiger charge is -2.18. The largest absolute Gasteiger partial charge is 0.465 e. The minimum atomic E-state index is -0.935. The molecule has 1 saturated carbocycles. The summed E-state index contributed by atoms with van der Waals surface area (Å²) in [6, 6.07) is 17.6. The van der Waals surface area contributed by atoms with Crippen LogP contribution in [0.3, 0.4) is 0 Å². The van der Waals surface area contributed by atoms with E-state index in [-0.39, 0.29) is 6.29 Å². The molecule has 0 aliphatic heterocycles. The quantitative estimate of drug-likeness (QED) is 0.533. The highest BCUT2D eigenvalue weighted by Gasteiger charge is 2.47. The lowest BCUT2D eigenvalue weighted by Crippen LogP contribution is -2.20. The van der Waals surface area contributed by atoms with E-state index in [1.165, 1.54) is 12.0 Å². The van der Waals surface area contributed by atoms with Crippen LogP contribution in [0.1, 0.15) is 44.6 Å². The second kappa shape index (κ2) is 8.21. The van der Waals surface area contributed by atoms with Gasteiger partial charge in [-0.3, -0.25) is 0 Å². The third-order valence-corrected chi connectivity index (χ3v) is 5.27. The van der Waals surface area contributed by atoms with Crippen molar-refractivity contribution in [2.45, 2.75) is 45.2 Å². The lowest BCUT2D eigenvalue weighted by atomic mass is 9.96. The van der Waals surface area contributed by atoms with Crippen LogP contribution in [0.4, 0.5) is 0 Å². The smallest absolute Gasteiger partial charge is 0.197 e. The van der Waals surface area contributed by atoms with Gasteiger partial charge in [0.05, 0.1) is 13.2 Å². The molecule has 4 heteroatoms. The van der Waals surface area contributed by atoms with E-state index in [9.17, 15) is 5.11 Å². The van der Waals surface area contributed by atoms with Crippen molar-refractivity contribution in [1.29, 1.82) is 0 Å². The van der Waals surface area contributed by atoms with Crippen molar-refractivity contribution in [1.82, 2.24) is 0 Å². The molecule has 4 nitrogen and oxygen atoms in total. The third-order valence-electron chi connectivity index (χ3n) is 5.27. The van der Waals surface area contributed by atoms with E-state index < -0.39 is 6.29 Å². The Balaban J connectivity index is 1.37. The van der Waals surface area contributed by atoms with Crippen molar-refractivity contribution in [3.63, 3.8) is 0 Å². The predicted molar refractivity (Wildman–Crippen MR) is 101 cm³/mol. The predicted octanol–water partition coefficient (Wildman–Crippen LogP) is 4.43. The van der Waals surface area contributed by atoms with E-state index in [1.54, 1.807) is 0 Å². The number of aliphatic hydroxyl groups excluding tert-OH is 1. The summed E-state index contributed by atoms with van der Waals surface area (Å²) in [6.07, 6.45) is -0.0647. The number of hydrogen-bond acceptors (Lipinski definition) is 4. The van der Waals surface area contributed by atoms with Gasteiger partial charge in [0.2, 0.25) is 0 Å². The Bertz CT molecular complexity index is 685. The third kappa shape index (κ3) is 4.64. The van der Waals surface area contributed by atoms with Crippen LogP contribution in [0.2, 0.25) is 0 Å². The van der Waals surface area contributed by atoms with Gasteiger partial charge < -0.3 is 19.3 Å². The zero-order chi connectivity index (χ0) is 18.6. The van der Waals surface area contributed by atoms with Crippen molar-refractivity contribution < 1.29 is 19.3 Å². The molecule has 4 unspecified atom stereocenters. The maximum Gasteiger partial charge on any atom is 0.197 e. The highest BCUT2D eigenvalue weighted by atomic mass is 16.7. The molecular weight excluding hydrogens is 328 g/mol. The van der Waals surface area contributed by atoms with Crippen LogP contribution in [0.15, 0.2) is 54.6 Å². The van der Waals surface area contributed by atoms with Gasteiger partial charge in [-0.1, -0.05) is 56.3 Å². The molecule has 140 valence electrons. The van der Waals surface area contributed by atoms with Crippen molar-refractivity contribution in [3.8, 4) is 5.75 Å². The van der Waals surface area contributed by atoms with Gasteiger partial charge in [-0.15, -0.1) is 0 Å². The Morgan fingerprint density at radius 1 is 1.04 bits per heavy atom. The molecule has 1 N–H and O–H groups in total. The molecule has 1 fully saturated rings. The highest BCUT2D eigenvalue weighted by Crippen LogP contribution is 2.53. The SMILES string of the molecule is CC(OCCOC(O)c1ccccc1)Oc1ccc(C2(C)CC2C)cc1. The van der Waals surface area contributed by atoms with Crippen LogP contribution in [0, 0.1) is 5.92 Å². The molecule has 0 heterocycles. The van der Waals surface area contributed by atoms with Gasteiger partial charge in [-0.25, -0.2) is 0 Å². The molecule has 1 aliphatic carbocycles. The number of rotatable bonds is 9. The second-order valence-electron chi connectivity index (χ2n) is 7.24. The molecule has 1 aliphatic rings. The second-order valence-corrected chi connectivity index (χ2v) is 7.24.